The standard InChI is InChI=1S/C22H30F2N4O6S/c1-32-9-6-19-25-20(34-26-19)17-12-16(15-2-4-18(5-3-15)33-21(23)24)13-28(14-17)22(29)27-7-10-35(30,31)11-8-27/h2-5,16-17,21-22,29H,6-14H2,1H3. The number of aliphatic hydroxyl groups is 1. The predicted molar refractivity (Wildman–Crippen MR) is 121 cm³/mol. The highest BCUT2D eigenvalue weighted by Crippen LogP contribution is 2.37. The first-order chi connectivity index (χ1) is 16.7. The summed E-state index contributed by atoms with van der Waals surface area (Å²) in [5.74, 6) is 0.820. The first-order valence-electron chi connectivity index (χ1n) is 11.5. The average molecular weight is 517 g/mol. The molecule has 0 bridgehead atoms. The summed E-state index contributed by atoms with van der Waals surface area (Å²) in [6.45, 7) is -1.01. The number of aromatic nitrogens is 2. The zero-order valence-corrected chi connectivity index (χ0v) is 20.2. The number of benzene rings is 1. The maximum absolute atomic E-state index is 12.5. The molecule has 10 nitrogen and oxygen atoms in total. The van der Waals surface area contributed by atoms with Crippen LogP contribution in [0, 0.1) is 0 Å². The molecule has 35 heavy (non-hydrogen) atoms. The van der Waals surface area contributed by atoms with Crippen LogP contribution >= 0.6 is 0 Å². The number of piperidine rings is 1. The number of likely N-dealkylation sites (tertiary alicyclic amines) is 1. The van der Waals surface area contributed by atoms with E-state index >= 15 is 0 Å². The van der Waals surface area contributed by atoms with Crippen molar-refractivity contribution in [1.82, 2.24) is 19.9 Å². The van der Waals surface area contributed by atoms with Crippen molar-refractivity contribution in [2.75, 3.05) is 51.4 Å². The lowest BCUT2D eigenvalue weighted by Crippen LogP contribution is -2.56. The molecule has 2 fully saturated rings. The first kappa shape index (κ1) is 25.9. The van der Waals surface area contributed by atoms with Gasteiger partial charge < -0.3 is 19.1 Å². The van der Waals surface area contributed by atoms with E-state index in [9.17, 15) is 22.3 Å². The number of methoxy groups -OCH3 is 1. The topological polar surface area (TPSA) is 118 Å². The highest BCUT2D eigenvalue weighted by atomic mass is 32.2. The van der Waals surface area contributed by atoms with Gasteiger partial charge in [-0.15, -0.1) is 0 Å². The second-order valence-electron chi connectivity index (χ2n) is 8.86. The molecular weight excluding hydrogens is 486 g/mol. The van der Waals surface area contributed by atoms with E-state index in [-0.39, 0.29) is 42.2 Å². The van der Waals surface area contributed by atoms with E-state index in [1.807, 2.05) is 4.90 Å². The fraction of sp³-hybridized carbons (Fsp3) is 0.636. The molecule has 3 heterocycles. The normalized spacial score (nSPS) is 24.5. The van der Waals surface area contributed by atoms with E-state index in [4.69, 9.17) is 9.26 Å². The summed E-state index contributed by atoms with van der Waals surface area (Å²) in [6, 6.07) is 6.47. The zero-order chi connectivity index (χ0) is 25.0. The summed E-state index contributed by atoms with van der Waals surface area (Å²) in [5, 5.41) is 15.2. The van der Waals surface area contributed by atoms with Gasteiger partial charge in [-0.2, -0.15) is 13.8 Å². The third-order valence-corrected chi connectivity index (χ3v) is 8.06. The van der Waals surface area contributed by atoms with E-state index in [1.165, 1.54) is 12.1 Å². The molecule has 2 aliphatic heterocycles. The van der Waals surface area contributed by atoms with Crippen LogP contribution in [-0.4, -0.2) is 97.8 Å². The number of nitrogens with zero attached hydrogens (tertiary/aromatic N) is 4. The minimum absolute atomic E-state index is 0.00285. The summed E-state index contributed by atoms with van der Waals surface area (Å²) >= 11 is 0. The second kappa shape index (κ2) is 11.2. The lowest BCUT2D eigenvalue weighted by molar-refractivity contribution is -0.121. The number of ether oxygens (including phenoxy) is 2. The smallest absolute Gasteiger partial charge is 0.387 e. The van der Waals surface area contributed by atoms with Gasteiger partial charge in [-0.05, 0) is 30.0 Å². The minimum Gasteiger partial charge on any atom is -0.435 e. The molecule has 194 valence electrons. The van der Waals surface area contributed by atoms with Crippen LogP contribution in [0.25, 0.3) is 0 Å². The molecule has 0 radical (unpaired) electrons. The molecule has 0 amide bonds. The van der Waals surface area contributed by atoms with E-state index in [0.29, 0.717) is 44.3 Å². The summed E-state index contributed by atoms with van der Waals surface area (Å²) in [5.41, 5.74) is 0.897. The third-order valence-electron chi connectivity index (χ3n) is 6.45. The second-order valence-corrected chi connectivity index (χ2v) is 11.2. The van der Waals surface area contributed by atoms with Crippen molar-refractivity contribution in [3.05, 3.63) is 41.5 Å². The highest BCUT2D eigenvalue weighted by Gasteiger charge is 2.38. The van der Waals surface area contributed by atoms with Crippen LogP contribution in [0.15, 0.2) is 28.8 Å². The minimum atomic E-state index is -3.09. The van der Waals surface area contributed by atoms with E-state index in [1.54, 1.807) is 24.1 Å². The largest absolute Gasteiger partial charge is 0.435 e. The van der Waals surface area contributed by atoms with Crippen molar-refractivity contribution in [2.45, 2.75) is 37.6 Å². The molecule has 2 saturated heterocycles. The van der Waals surface area contributed by atoms with Gasteiger partial charge in [0.25, 0.3) is 0 Å². The highest BCUT2D eigenvalue weighted by molar-refractivity contribution is 7.91. The van der Waals surface area contributed by atoms with Crippen molar-refractivity contribution in [2.24, 2.45) is 0 Å². The summed E-state index contributed by atoms with van der Waals surface area (Å²) in [6.07, 6.45) is 0.183. The molecule has 4 rings (SSSR count). The quantitative estimate of drug-likeness (QED) is 0.525. The zero-order valence-electron chi connectivity index (χ0n) is 19.4. The molecule has 2 aliphatic rings. The molecule has 1 aromatic carbocycles. The molecule has 1 aromatic heterocycles. The van der Waals surface area contributed by atoms with Crippen molar-refractivity contribution in [1.29, 1.82) is 0 Å². The Bertz CT molecular complexity index is 1050. The molecule has 13 heteroatoms. The van der Waals surface area contributed by atoms with Crippen LogP contribution in [-0.2, 0) is 21.0 Å². The van der Waals surface area contributed by atoms with Crippen LogP contribution in [0.4, 0.5) is 8.78 Å². The van der Waals surface area contributed by atoms with Gasteiger partial charge in [0.05, 0.1) is 24.0 Å². The molecule has 2 aromatic rings. The average Bonchev–Trinajstić information content (AvgIpc) is 3.31. The van der Waals surface area contributed by atoms with Crippen LogP contribution in [0.1, 0.15) is 35.5 Å². The Morgan fingerprint density at radius 1 is 1.14 bits per heavy atom. The van der Waals surface area contributed by atoms with Crippen molar-refractivity contribution in [3.8, 4) is 5.75 Å². The summed E-state index contributed by atoms with van der Waals surface area (Å²) in [7, 11) is -1.49. The maximum atomic E-state index is 12.5. The lowest BCUT2D eigenvalue weighted by atomic mass is 9.84. The molecule has 0 spiro atoms. The fourth-order valence-corrected chi connectivity index (χ4v) is 5.81. The van der Waals surface area contributed by atoms with E-state index in [2.05, 4.69) is 14.9 Å². The van der Waals surface area contributed by atoms with Crippen LogP contribution in [0.2, 0.25) is 0 Å². The number of sulfone groups is 1. The molecule has 3 unspecified atom stereocenters. The Balaban J connectivity index is 1.53. The summed E-state index contributed by atoms with van der Waals surface area (Å²) in [4.78, 5) is 8.13. The monoisotopic (exact) mass is 516 g/mol. The van der Waals surface area contributed by atoms with Crippen LogP contribution in [0.5, 0.6) is 5.75 Å². The van der Waals surface area contributed by atoms with Crippen molar-refractivity contribution in [3.63, 3.8) is 0 Å². The molecule has 1 N–H and O–H groups in total. The Morgan fingerprint density at radius 2 is 1.83 bits per heavy atom. The summed E-state index contributed by atoms with van der Waals surface area (Å²) < 4.78 is 63.8. The van der Waals surface area contributed by atoms with Gasteiger partial charge in [-0.3, -0.25) is 9.80 Å². The number of hydrogen-bond donors (Lipinski definition) is 1. The fourth-order valence-electron chi connectivity index (χ4n) is 4.58. The Kier molecular flexibility index (Phi) is 8.32. The molecule has 0 saturated carbocycles. The number of alkyl halides is 2. The van der Waals surface area contributed by atoms with Crippen molar-refractivity contribution < 1.29 is 36.3 Å². The Morgan fingerprint density at radius 3 is 2.49 bits per heavy atom. The number of rotatable bonds is 9. The van der Waals surface area contributed by atoms with Crippen molar-refractivity contribution >= 4 is 9.84 Å². The van der Waals surface area contributed by atoms with Gasteiger partial charge in [-0.25, -0.2) is 8.42 Å². The predicted octanol–water partition coefficient (Wildman–Crippen LogP) is 1.44. The first-order valence-corrected chi connectivity index (χ1v) is 13.3. The van der Waals surface area contributed by atoms with Crippen LogP contribution < -0.4 is 4.74 Å². The van der Waals surface area contributed by atoms with E-state index < -0.39 is 22.8 Å². The van der Waals surface area contributed by atoms with Gasteiger partial charge in [0.1, 0.15) is 5.75 Å². The number of halogens is 2. The lowest BCUT2D eigenvalue weighted by Gasteiger charge is -2.43. The Hall–Kier alpha value is -2.19. The van der Waals surface area contributed by atoms with Gasteiger partial charge in [0, 0.05) is 39.7 Å². The SMILES string of the molecule is COCCc1noc(C2CC(c3ccc(OC(F)F)cc3)CN(C(O)N3CCS(=O)(=O)CC3)C2)n1. The maximum Gasteiger partial charge on any atom is 0.387 e. The molecular formula is C22H30F2N4O6S. The molecule has 3 atom stereocenters. The third kappa shape index (κ3) is 6.73. The van der Waals surface area contributed by atoms with Gasteiger partial charge in [0.15, 0.2) is 22.0 Å². The number of hydrogen-bond acceptors (Lipinski definition) is 10. The van der Waals surface area contributed by atoms with E-state index in [0.717, 1.165) is 5.56 Å². The number of aliphatic hydroxyl groups excluding tert-OH is 1. The molecule has 0 aliphatic carbocycles. The van der Waals surface area contributed by atoms with Gasteiger partial charge in [-0.1, -0.05) is 17.3 Å². The van der Waals surface area contributed by atoms with Gasteiger partial charge in [0.2, 0.25) is 5.89 Å². The Labute approximate surface area is 202 Å². The van der Waals surface area contributed by atoms with Gasteiger partial charge >= 0.3 is 6.61 Å². The van der Waals surface area contributed by atoms with Crippen LogP contribution in [0.3, 0.4) is 0 Å².